The fourth-order valence-corrected chi connectivity index (χ4v) is 1.91. The molecular formula is C13H18O4. The minimum absolute atomic E-state index is 0.410. The monoisotopic (exact) mass is 238 g/mol. The third-order valence-corrected chi connectivity index (χ3v) is 2.87. The zero-order chi connectivity index (χ0) is 12.1. The van der Waals surface area contributed by atoms with Gasteiger partial charge in [-0.1, -0.05) is 30.3 Å². The lowest BCUT2D eigenvalue weighted by molar-refractivity contribution is -0.253. The largest absolute Gasteiger partial charge is 0.390 e. The molecule has 94 valence electrons. The molecule has 0 radical (unpaired) electrons. The maximum Gasteiger partial charge on any atom is 0.186 e. The SMILES string of the molecule is CO[C@H]1[C@H](OCc2ccccc2)OCC[C@@H]1O. The van der Waals surface area contributed by atoms with E-state index in [0.717, 1.165) is 5.56 Å². The molecule has 1 aromatic carbocycles. The van der Waals surface area contributed by atoms with Crippen LogP contribution in [0.5, 0.6) is 0 Å². The average Bonchev–Trinajstić information content (AvgIpc) is 2.37. The number of hydrogen-bond acceptors (Lipinski definition) is 4. The fourth-order valence-electron chi connectivity index (χ4n) is 1.91. The van der Waals surface area contributed by atoms with Gasteiger partial charge < -0.3 is 19.3 Å². The van der Waals surface area contributed by atoms with Crippen LogP contribution in [0.1, 0.15) is 12.0 Å². The van der Waals surface area contributed by atoms with Gasteiger partial charge in [0, 0.05) is 7.11 Å². The molecule has 0 amide bonds. The smallest absolute Gasteiger partial charge is 0.186 e. The highest BCUT2D eigenvalue weighted by Crippen LogP contribution is 2.19. The molecule has 0 aliphatic carbocycles. The molecule has 1 aromatic rings. The summed E-state index contributed by atoms with van der Waals surface area (Å²) in [6, 6.07) is 9.86. The lowest BCUT2D eigenvalue weighted by Crippen LogP contribution is -2.46. The average molecular weight is 238 g/mol. The van der Waals surface area contributed by atoms with Crippen LogP contribution in [0.2, 0.25) is 0 Å². The first-order chi connectivity index (χ1) is 8.31. The Morgan fingerprint density at radius 3 is 2.82 bits per heavy atom. The van der Waals surface area contributed by atoms with E-state index in [9.17, 15) is 5.11 Å². The molecule has 17 heavy (non-hydrogen) atoms. The van der Waals surface area contributed by atoms with Crippen molar-refractivity contribution in [2.24, 2.45) is 0 Å². The van der Waals surface area contributed by atoms with Crippen molar-refractivity contribution in [3.63, 3.8) is 0 Å². The molecule has 3 atom stereocenters. The molecule has 1 fully saturated rings. The maximum atomic E-state index is 9.75. The predicted octanol–water partition coefficient (Wildman–Crippen LogP) is 1.33. The Labute approximate surface area is 101 Å². The standard InChI is InChI=1S/C13H18O4/c1-15-12-11(14)7-8-16-13(12)17-9-10-5-3-2-4-6-10/h2-6,11-14H,7-9H2,1H3/t11-,12+,13-/m0/s1. The Hall–Kier alpha value is -0.940. The van der Waals surface area contributed by atoms with E-state index in [-0.39, 0.29) is 0 Å². The molecule has 1 N–H and O–H groups in total. The molecular weight excluding hydrogens is 220 g/mol. The van der Waals surface area contributed by atoms with Gasteiger partial charge in [0.2, 0.25) is 0 Å². The van der Waals surface area contributed by atoms with E-state index in [2.05, 4.69) is 0 Å². The summed E-state index contributed by atoms with van der Waals surface area (Å²) < 4.78 is 16.3. The summed E-state index contributed by atoms with van der Waals surface area (Å²) in [5.74, 6) is 0. The van der Waals surface area contributed by atoms with E-state index in [1.807, 2.05) is 30.3 Å². The first-order valence-corrected chi connectivity index (χ1v) is 5.79. The van der Waals surface area contributed by atoms with Gasteiger partial charge >= 0.3 is 0 Å². The van der Waals surface area contributed by atoms with Gasteiger partial charge in [0.15, 0.2) is 6.29 Å². The first kappa shape index (κ1) is 12.5. The molecule has 0 aromatic heterocycles. The van der Waals surface area contributed by atoms with Crippen LogP contribution in [0.15, 0.2) is 30.3 Å². The summed E-state index contributed by atoms with van der Waals surface area (Å²) >= 11 is 0. The molecule has 1 saturated heterocycles. The normalized spacial score (nSPS) is 29.2. The van der Waals surface area contributed by atoms with E-state index < -0.39 is 18.5 Å². The Balaban J connectivity index is 1.89. The van der Waals surface area contributed by atoms with Crippen LogP contribution < -0.4 is 0 Å². The van der Waals surface area contributed by atoms with Crippen molar-refractivity contribution in [2.45, 2.75) is 31.5 Å². The topological polar surface area (TPSA) is 47.9 Å². The van der Waals surface area contributed by atoms with Crippen LogP contribution in [-0.2, 0) is 20.8 Å². The number of methoxy groups -OCH3 is 1. The van der Waals surface area contributed by atoms with Crippen LogP contribution in [0, 0.1) is 0 Å². The Morgan fingerprint density at radius 1 is 1.35 bits per heavy atom. The molecule has 1 heterocycles. The molecule has 0 unspecified atom stereocenters. The van der Waals surface area contributed by atoms with Gasteiger partial charge in [0.05, 0.1) is 19.3 Å². The van der Waals surface area contributed by atoms with Crippen LogP contribution in [0.4, 0.5) is 0 Å². The van der Waals surface area contributed by atoms with Crippen LogP contribution in [0.3, 0.4) is 0 Å². The minimum atomic E-state index is -0.519. The number of benzene rings is 1. The Bertz CT molecular complexity index is 327. The van der Waals surface area contributed by atoms with E-state index >= 15 is 0 Å². The Morgan fingerprint density at radius 2 is 2.12 bits per heavy atom. The molecule has 0 bridgehead atoms. The lowest BCUT2D eigenvalue weighted by atomic mass is 10.1. The van der Waals surface area contributed by atoms with Gasteiger partial charge in [-0.05, 0) is 12.0 Å². The summed E-state index contributed by atoms with van der Waals surface area (Å²) in [5.41, 5.74) is 1.08. The third kappa shape index (κ3) is 3.26. The first-order valence-electron chi connectivity index (χ1n) is 5.79. The van der Waals surface area contributed by atoms with E-state index in [1.54, 1.807) is 7.11 Å². The van der Waals surface area contributed by atoms with Crippen molar-refractivity contribution in [3.05, 3.63) is 35.9 Å². The van der Waals surface area contributed by atoms with E-state index in [0.29, 0.717) is 19.6 Å². The van der Waals surface area contributed by atoms with Crippen molar-refractivity contribution in [1.82, 2.24) is 0 Å². The van der Waals surface area contributed by atoms with E-state index in [1.165, 1.54) is 0 Å². The number of hydrogen-bond donors (Lipinski definition) is 1. The van der Waals surface area contributed by atoms with Gasteiger partial charge in [-0.15, -0.1) is 0 Å². The van der Waals surface area contributed by atoms with Gasteiger partial charge in [-0.25, -0.2) is 0 Å². The van der Waals surface area contributed by atoms with Gasteiger partial charge in [-0.2, -0.15) is 0 Å². The maximum absolute atomic E-state index is 9.75. The van der Waals surface area contributed by atoms with Crippen molar-refractivity contribution >= 4 is 0 Å². The van der Waals surface area contributed by atoms with Crippen LogP contribution >= 0.6 is 0 Å². The summed E-state index contributed by atoms with van der Waals surface area (Å²) in [6.07, 6.45) is -0.838. The summed E-state index contributed by atoms with van der Waals surface area (Å²) in [4.78, 5) is 0. The predicted molar refractivity (Wildman–Crippen MR) is 62.4 cm³/mol. The zero-order valence-corrected chi connectivity index (χ0v) is 9.91. The molecule has 1 aliphatic rings. The number of ether oxygens (including phenoxy) is 3. The molecule has 0 spiro atoms. The minimum Gasteiger partial charge on any atom is -0.390 e. The number of rotatable bonds is 4. The highest BCUT2D eigenvalue weighted by molar-refractivity contribution is 5.13. The second kappa shape index (κ2) is 6.12. The molecule has 2 rings (SSSR count). The summed E-state index contributed by atoms with van der Waals surface area (Å²) in [6.45, 7) is 0.957. The quantitative estimate of drug-likeness (QED) is 0.859. The van der Waals surface area contributed by atoms with Crippen LogP contribution in [0.25, 0.3) is 0 Å². The third-order valence-electron chi connectivity index (χ3n) is 2.87. The molecule has 4 nitrogen and oxygen atoms in total. The van der Waals surface area contributed by atoms with Gasteiger partial charge in [0.25, 0.3) is 0 Å². The highest BCUT2D eigenvalue weighted by atomic mass is 16.7. The number of aliphatic hydroxyl groups is 1. The van der Waals surface area contributed by atoms with Crippen LogP contribution in [-0.4, -0.2) is 37.3 Å². The van der Waals surface area contributed by atoms with Gasteiger partial charge in [0.1, 0.15) is 6.10 Å². The fraction of sp³-hybridized carbons (Fsp3) is 0.538. The van der Waals surface area contributed by atoms with Crippen molar-refractivity contribution in [2.75, 3.05) is 13.7 Å². The lowest BCUT2D eigenvalue weighted by Gasteiger charge is -2.34. The summed E-state index contributed by atoms with van der Waals surface area (Å²) in [5, 5.41) is 9.75. The zero-order valence-electron chi connectivity index (χ0n) is 9.91. The highest BCUT2D eigenvalue weighted by Gasteiger charge is 2.33. The molecule has 4 heteroatoms. The Kier molecular flexibility index (Phi) is 4.50. The molecule has 0 saturated carbocycles. The van der Waals surface area contributed by atoms with Crippen molar-refractivity contribution < 1.29 is 19.3 Å². The second-order valence-electron chi connectivity index (χ2n) is 4.09. The van der Waals surface area contributed by atoms with Crippen molar-refractivity contribution in [1.29, 1.82) is 0 Å². The second-order valence-corrected chi connectivity index (χ2v) is 4.09. The van der Waals surface area contributed by atoms with E-state index in [4.69, 9.17) is 14.2 Å². The van der Waals surface area contributed by atoms with Gasteiger partial charge in [-0.3, -0.25) is 0 Å². The molecule has 1 aliphatic heterocycles. The van der Waals surface area contributed by atoms with Crippen molar-refractivity contribution in [3.8, 4) is 0 Å². The summed E-state index contributed by atoms with van der Waals surface area (Å²) in [7, 11) is 1.56. The number of aliphatic hydroxyl groups excluding tert-OH is 1.